The molecule has 0 aliphatic carbocycles. The molecule has 5 nitrogen and oxygen atoms in total. The fraction of sp³-hybridized carbons (Fsp3) is 0.429. The van der Waals surface area contributed by atoms with E-state index in [1.165, 1.54) is 6.07 Å². The molecule has 0 spiro atoms. The highest BCUT2D eigenvalue weighted by Crippen LogP contribution is 2.18. The molecule has 0 aromatic heterocycles. The molecule has 0 heterocycles. The van der Waals surface area contributed by atoms with E-state index in [1.807, 2.05) is 22.6 Å². The third-order valence-corrected chi connectivity index (χ3v) is 3.38. The maximum absolute atomic E-state index is 11.7. The zero-order valence-corrected chi connectivity index (χ0v) is 13.7. The van der Waals surface area contributed by atoms with Gasteiger partial charge in [-0.25, -0.2) is 9.59 Å². The van der Waals surface area contributed by atoms with Crippen LogP contribution in [0.15, 0.2) is 18.2 Å². The molecular formula is C14H19IN2O3. The van der Waals surface area contributed by atoms with Crippen molar-refractivity contribution in [1.82, 2.24) is 5.32 Å². The lowest BCUT2D eigenvalue weighted by atomic mass is 10.1. The Labute approximate surface area is 132 Å². The number of aromatic carboxylic acids is 1. The van der Waals surface area contributed by atoms with E-state index in [-0.39, 0.29) is 11.6 Å². The van der Waals surface area contributed by atoms with Crippen LogP contribution in [0.3, 0.4) is 0 Å². The molecule has 0 radical (unpaired) electrons. The van der Waals surface area contributed by atoms with Crippen LogP contribution in [0.2, 0.25) is 0 Å². The minimum Gasteiger partial charge on any atom is -0.478 e. The maximum atomic E-state index is 11.7. The lowest BCUT2D eigenvalue weighted by molar-refractivity contribution is 0.0698. The topological polar surface area (TPSA) is 78.4 Å². The zero-order valence-electron chi connectivity index (χ0n) is 11.6. The summed E-state index contributed by atoms with van der Waals surface area (Å²) in [5.41, 5.74) is 0.397. The molecule has 0 saturated carbocycles. The number of benzene rings is 1. The van der Waals surface area contributed by atoms with Gasteiger partial charge in [-0.1, -0.05) is 13.8 Å². The maximum Gasteiger partial charge on any atom is 0.337 e. The average molecular weight is 390 g/mol. The Morgan fingerprint density at radius 2 is 2.05 bits per heavy atom. The van der Waals surface area contributed by atoms with Gasteiger partial charge in [0, 0.05) is 10.1 Å². The number of carbonyl (C=O) groups is 2. The number of rotatable bonds is 6. The highest BCUT2D eigenvalue weighted by atomic mass is 127. The Bertz CT molecular complexity index is 489. The first kappa shape index (κ1) is 16.7. The van der Waals surface area contributed by atoms with E-state index >= 15 is 0 Å². The summed E-state index contributed by atoms with van der Waals surface area (Å²) in [6.07, 6.45) is 1.95. The second-order valence-corrected chi connectivity index (χ2v) is 6.16. The van der Waals surface area contributed by atoms with Crippen molar-refractivity contribution in [2.75, 3.05) is 11.9 Å². The van der Waals surface area contributed by atoms with Gasteiger partial charge in [0.25, 0.3) is 0 Å². The molecule has 1 aromatic carbocycles. The van der Waals surface area contributed by atoms with E-state index in [2.05, 4.69) is 24.5 Å². The molecule has 1 rings (SSSR count). The summed E-state index contributed by atoms with van der Waals surface area (Å²) in [5, 5.41) is 14.4. The van der Waals surface area contributed by atoms with Crippen LogP contribution in [0.5, 0.6) is 0 Å². The van der Waals surface area contributed by atoms with E-state index in [0.717, 1.165) is 16.4 Å². The first-order chi connectivity index (χ1) is 9.40. The zero-order chi connectivity index (χ0) is 15.1. The molecule has 0 aliphatic heterocycles. The van der Waals surface area contributed by atoms with E-state index in [1.54, 1.807) is 12.1 Å². The summed E-state index contributed by atoms with van der Waals surface area (Å²) in [7, 11) is 0. The fourth-order valence-corrected chi connectivity index (χ4v) is 2.17. The predicted octanol–water partition coefficient (Wildman–Crippen LogP) is 3.55. The lowest BCUT2D eigenvalue weighted by Gasteiger charge is -2.10. The number of hydrogen-bond acceptors (Lipinski definition) is 2. The first-order valence-corrected chi connectivity index (χ1v) is 7.55. The molecule has 20 heavy (non-hydrogen) atoms. The van der Waals surface area contributed by atoms with Crippen molar-refractivity contribution in [3.05, 3.63) is 27.3 Å². The Balaban J connectivity index is 2.55. The normalized spacial score (nSPS) is 10.4. The van der Waals surface area contributed by atoms with Crippen molar-refractivity contribution < 1.29 is 14.7 Å². The number of carbonyl (C=O) groups excluding carboxylic acids is 1. The van der Waals surface area contributed by atoms with Crippen molar-refractivity contribution in [1.29, 1.82) is 0 Å². The van der Waals surface area contributed by atoms with Gasteiger partial charge in [0.15, 0.2) is 0 Å². The SMILES string of the molecule is CC(C)CCCNC(=O)Nc1ccc(I)cc1C(=O)O. The van der Waals surface area contributed by atoms with Gasteiger partial charge >= 0.3 is 12.0 Å². The second kappa shape index (κ2) is 8.08. The summed E-state index contributed by atoms with van der Waals surface area (Å²) in [4.78, 5) is 22.8. The van der Waals surface area contributed by atoms with Gasteiger partial charge in [0.2, 0.25) is 0 Å². The molecule has 3 N–H and O–H groups in total. The van der Waals surface area contributed by atoms with Gasteiger partial charge in [-0.2, -0.15) is 0 Å². The van der Waals surface area contributed by atoms with Crippen LogP contribution >= 0.6 is 22.6 Å². The average Bonchev–Trinajstić information content (AvgIpc) is 2.36. The van der Waals surface area contributed by atoms with Crippen molar-refractivity contribution in [3.63, 3.8) is 0 Å². The smallest absolute Gasteiger partial charge is 0.337 e. The largest absolute Gasteiger partial charge is 0.478 e. The molecule has 6 heteroatoms. The lowest BCUT2D eigenvalue weighted by Crippen LogP contribution is -2.30. The number of nitrogens with one attached hydrogen (secondary N) is 2. The third-order valence-electron chi connectivity index (χ3n) is 2.70. The van der Waals surface area contributed by atoms with Crippen LogP contribution < -0.4 is 10.6 Å². The van der Waals surface area contributed by atoms with Gasteiger partial charge in [0.05, 0.1) is 11.3 Å². The van der Waals surface area contributed by atoms with Crippen LogP contribution in [0.25, 0.3) is 0 Å². The summed E-state index contributed by atoms with van der Waals surface area (Å²) in [6.45, 7) is 4.84. The van der Waals surface area contributed by atoms with Crippen molar-refractivity contribution in [2.45, 2.75) is 26.7 Å². The Kier molecular flexibility index (Phi) is 6.77. The van der Waals surface area contributed by atoms with Crippen LogP contribution in [0.1, 0.15) is 37.0 Å². The minimum absolute atomic E-state index is 0.0919. The van der Waals surface area contributed by atoms with E-state index < -0.39 is 5.97 Å². The fourth-order valence-electron chi connectivity index (χ4n) is 1.68. The molecule has 1 aromatic rings. The van der Waals surface area contributed by atoms with Crippen molar-refractivity contribution in [3.8, 4) is 0 Å². The number of halogens is 1. The summed E-state index contributed by atoms with van der Waals surface area (Å²) in [6, 6.07) is 4.50. The third kappa shape index (κ3) is 5.77. The van der Waals surface area contributed by atoms with E-state index in [0.29, 0.717) is 18.2 Å². The predicted molar refractivity (Wildman–Crippen MR) is 87.2 cm³/mol. The van der Waals surface area contributed by atoms with Gasteiger partial charge in [-0.15, -0.1) is 0 Å². The second-order valence-electron chi connectivity index (χ2n) is 4.91. The Morgan fingerprint density at radius 3 is 2.65 bits per heavy atom. The Morgan fingerprint density at radius 1 is 1.35 bits per heavy atom. The highest BCUT2D eigenvalue weighted by molar-refractivity contribution is 14.1. The molecule has 110 valence electrons. The van der Waals surface area contributed by atoms with Gasteiger partial charge in [-0.05, 0) is 59.5 Å². The summed E-state index contributed by atoms with van der Waals surface area (Å²) in [5.74, 6) is -0.451. The number of carboxylic acids is 1. The molecule has 0 fully saturated rings. The minimum atomic E-state index is -1.06. The molecule has 0 aliphatic rings. The van der Waals surface area contributed by atoms with E-state index in [9.17, 15) is 9.59 Å². The standard InChI is InChI=1S/C14H19IN2O3/c1-9(2)4-3-7-16-14(20)17-12-6-5-10(15)8-11(12)13(18)19/h5-6,8-9H,3-4,7H2,1-2H3,(H,18,19)(H2,16,17,20). The Hall–Kier alpha value is -1.31. The van der Waals surface area contributed by atoms with Crippen molar-refractivity contribution in [2.24, 2.45) is 5.92 Å². The molecular weight excluding hydrogens is 371 g/mol. The number of urea groups is 1. The number of hydrogen-bond donors (Lipinski definition) is 3. The van der Waals surface area contributed by atoms with Crippen LogP contribution in [0, 0.1) is 9.49 Å². The summed E-state index contributed by atoms with van der Waals surface area (Å²) >= 11 is 2.03. The monoisotopic (exact) mass is 390 g/mol. The van der Waals surface area contributed by atoms with Gasteiger partial charge in [-0.3, -0.25) is 0 Å². The highest BCUT2D eigenvalue weighted by Gasteiger charge is 2.12. The van der Waals surface area contributed by atoms with Gasteiger partial charge in [0.1, 0.15) is 0 Å². The summed E-state index contributed by atoms with van der Waals surface area (Å²) < 4.78 is 0.808. The number of amides is 2. The van der Waals surface area contributed by atoms with Gasteiger partial charge < -0.3 is 15.7 Å². The molecule has 2 amide bonds. The van der Waals surface area contributed by atoms with E-state index in [4.69, 9.17) is 5.11 Å². The molecule has 0 saturated heterocycles. The molecule has 0 unspecified atom stereocenters. The van der Waals surface area contributed by atoms with Crippen LogP contribution in [-0.2, 0) is 0 Å². The van der Waals surface area contributed by atoms with Crippen molar-refractivity contribution >= 4 is 40.3 Å². The van der Waals surface area contributed by atoms with Crippen LogP contribution in [-0.4, -0.2) is 23.7 Å². The quantitative estimate of drug-likeness (QED) is 0.514. The number of anilines is 1. The number of carboxylic acid groups (broad SMARTS) is 1. The molecule has 0 atom stereocenters. The van der Waals surface area contributed by atoms with Crippen LogP contribution in [0.4, 0.5) is 10.5 Å². The first-order valence-electron chi connectivity index (χ1n) is 6.48. The molecule has 0 bridgehead atoms.